The fourth-order valence-corrected chi connectivity index (χ4v) is 4.38. The van der Waals surface area contributed by atoms with Crippen molar-refractivity contribution in [2.45, 2.75) is 49.7 Å². The van der Waals surface area contributed by atoms with Crippen molar-refractivity contribution >= 4 is 23.1 Å². The van der Waals surface area contributed by atoms with Gasteiger partial charge in [-0.25, -0.2) is 4.98 Å². The molecule has 4 heteroatoms. The van der Waals surface area contributed by atoms with E-state index in [0.29, 0.717) is 0 Å². The number of aromatic nitrogens is 1. The highest BCUT2D eigenvalue weighted by Gasteiger charge is 2.14. The molecule has 1 aliphatic carbocycles. The third-order valence-corrected chi connectivity index (χ3v) is 5.51. The quantitative estimate of drug-likeness (QED) is 0.873. The van der Waals surface area contributed by atoms with Crippen LogP contribution in [0.4, 0.5) is 0 Å². The minimum Gasteiger partial charge on any atom is -0.315 e. The Hall–Kier alpha value is -0.0600. The summed E-state index contributed by atoms with van der Waals surface area (Å²) in [5, 5.41) is 5.35. The van der Waals surface area contributed by atoms with Gasteiger partial charge in [-0.3, -0.25) is 0 Å². The molecule has 1 aliphatic rings. The van der Waals surface area contributed by atoms with Gasteiger partial charge in [0, 0.05) is 28.6 Å². The van der Waals surface area contributed by atoms with E-state index in [4.69, 9.17) is 0 Å². The van der Waals surface area contributed by atoms with Gasteiger partial charge in [-0.15, -0.1) is 11.3 Å². The number of rotatable bonds is 5. The Morgan fingerprint density at radius 3 is 3.00 bits per heavy atom. The molecular formula is C12H20N2S2. The van der Waals surface area contributed by atoms with Crippen LogP contribution in [-0.2, 0) is 12.3 Å². The Balaban J connectivity index is 1.75. The number of nitrogens with zero attached hydrogens (tertiary/aromatic N) is 1. The average Bonchev–Trinajstić information content (AvgIpc) is 2.76. The largest absolute Gasteiger partial charge is 0.315 e. The van der Waals surface area contributed by atoms with Crippen LogP contribution in [0.3, 0.4) is 0 Å². The van der Waals surface area contributed by atoms with Crippen LogP contribution < -0.4 is 5.32 Å². The first-order valence-electron chi connectivity index (χ1n) is 6.08. The molecule has 2 nitrogen and oxygen atoms in total. The van der Waals surface area contributed by atoms with Crippen molar-refractivity contribution in [3.05, 3.63) is 16.1 Å². The van der Waals surface area contributed by atoms with Crippen molar-refractivity contribution in [2.24, 2.45) is 0 Å². The van der Waals surface area contributed by atoms with Crippen molar-refractivity contribution in [2.75, 3.05) is 7.05 Å². The van der Waals surface area contributed by atoms with Crippen molar-refractivity contribution in [3.8, 4) is 0 Å². The molecule has 90 valence electrons. The maximum atomic E-state index is 4.48. The lowest BCUT2D eigenvalue weighted by Gasteiger charge is -2.20. The first kappa shape index (κ1) is 12.4. The van der Waals surface area contributed by atoms with Crippen LogP contribution in [0.2, 0.25) is 0 Å². The molecule has 2 rings (SSSR count). The third-order valence-electron chi connectivity index (χ3n) is 2.95. The predicted molar refractivity (Wildman–Crippen MR) is 73.0 cm³/mol. The molecule has 1 fully saturated rings. The lowest BCUT2D eigenvalue weighted by Crippen LogP contribution is -2.08. The second-order valence-electron chi connectivity index (χ2n) is 4.32. The summed E-state index contributed by atoms with van der Waals surface area (Å²) in [5.74, 6) is 1.11. The molecule has 0 radical (unpaired) electrons. The van der Waals surface area contributed by atoms with Gasteiger partial charge in [0.05, 0.1) is 0 Å². The van der Waals surface area contributed by atoms with Gasteiger partial charge in [0.2, 0.25) is 0 Å². The van der Waals surface area contributed by atoms with E-state index in [9.17, 15) is 0 Å². The van der Waals surface area contributed by atoms with Crippen molar-refractivity contribution in [1.29, 1.82) is 0 Å². The van der Waals surface area contributed by atoms with E-state index in [0.717, 1.165) is 17.5 Å². The summed E-state index contributed by atoms with van der Waals surface area (Å²) >= 11 is 3.96. The maximum absolute atomic E-state index is 4.48. The number of thiazole rings is 1. The van der Waals surface area contributed by atoms with Crippen molar-refractivity contribution in [3.63, 3.8) is 0 Å². The molecule has 0 atom stereocenters. The number of hydrogen-bond donors (Lipinski definition) is 1. The van der Waals surface area contributed by atoms with Crippen LogP contribution in [-0.4, -0.2) is 17.3 Å². The summed E-state index contributed by atoms with van der Waals surface area (Å²) in [7, 11) is 1.98. The zero-order valence-electron chi connectivity index (χ0n) is 9.87. The summed E-state index contributed by atoms with van der Waals surface area (Å²) in [6.07, 6.45) is 9.15. The standard InChI is InChI=1S/C12H20N2S2/c1-13-7-11-8-14-12(16-11)9-15-10-5-3-2-4-6-10/h8,10,13H,2-7,9H2,1H3. The van der Waals surface area contributed by atoms with Gasteiger partial charge >= 0.3 is 0 Å². The van der Waals surface area contributed by atoms with Gasteiger partial charge in [-0.05, 0) is 19.9 Å². The number of hydrogen-bond acceptors (Lipinski definition) is 4. The van der Waals surface area contributed by atoms with E-state index < -0.39 is 0 Å². The summed E-state index contributed by atoms with van der Waals surface area (Å²) < 4.78 is 0. The highest BCUT2D eigenvalue weighted by molar-refractivity contribution is 7.99. The summed E-state index contributed by atoms with van der Waals surface area (Å²) in [4.78, 5) is 5.83. The van der Waals surface area contributed by atoms with Gasteiger partial charge in [0.25, 0.3) is 0 Å². The molecular weight excluding hydrogens is 236 g/mol. The summed E-state index contributed by atoms with van der Waals surface area (Å²) in [5.41, 5.74) is 0. The molecule has 0 bridgehead atoms. The highest BCUT2D eigenvalue weighted by Crippen LogP contribution is 2.31. The second kappa shape index (κ2) is 6.62. The van der Waals surface area contributed by atoms with Crippen LogP contribution >= 0.6 is 23.1 Å². The lowest BCUT2D eigenvalue weighted by molar-refractivity contribution is 0.516. The van der Waals surface area contributed by atoms with Crippen molar-refractivity contribution in [1.82, 2.24) is 10.3 Å². The molecule has 0 spiro atoms. The Labute approximate surface area is 106 Å². The first-order valence-corrected chi connectivity index (χ1v) is 7.95. The molecule has 0 aliphatic heterocycles. The van der Waals surface area contributed by atoms with Crippen LogP contribution in [0.25, 0.3) is 0 Å². The Morgan fingerprint density at radius 2 is 2.25 bits per heavy atom. The average molecular weight is 256 g/mol. The van der Waals surface area contributed by atoms with Gasteiger partial charge in [-0.2, -0.15) is 11.8 Å². The molecule has 1 aromatic heterocycles. The zero-order chi connectivity index (χ0) is 11.2. The Bertz CT molecular complexity index is 306. The molecule has 1 N–H and O–H groups in total. The predicted octanol–water partition coefficient (Wildman–Crippen LogP) is 3.43. The smallest absolute Gasteiger partial charge is 0.103 e. The fourth-order valence-electron chi connectivity index (χ4n) is 2.09. The van der Waals surface area contributed by atoms with E-state index >= 15 is 0 Å². The zero-order valence-corrected chi connectivity index (χ0v) is 11.5. The molecule has 0 unspecified atom stereocenters. The third kappa shape index (κ3) is 3.75. The molecule has 1 heterocycles. The Kier molecular flexibility index (Phi) is 5.13. The van der Waals surface area contributed by atoms with E-state index in [-0.39, 0.29) is 0 Å². The van der Waals surface area contributed by atoms with Crippen molar-refractivity contribution < 1.29 is 0 Å². The lowest BCUT2D eigenvalue weighted by atomic mass is 10.0. The maximum Gasteiger partial charge on any atom is 0.103 e. The van der Waals surface area contributed by atoms with E-state index in [1.54, 1.807) is 0 Å². The van der Waals surface area contributed by atoms with Gasteiger partial charge < -0.3 is 5.32 Å². The molecule has 1 saturated carbocycles. The number of nitrogens with one attached hydrogen (secondary N) is 1. The molecule has 0 amide bonds. The van der Waals surface area contributed by atoms with E-state index in [2.05, 4.69) is 22.1 Å². The fraction of sp³-hybridized carbons (Fsp3) is 0.750. The molecule has 0 saturated heterocycles. The summed E-state index contributed by atoms with van der Waals surface area (Å²) in [6, 6.07) is 0. The molecule has 0 aromatic carbocycles. The van der Waals surface area contributed by atoms with Crippen LogP contribution in [0.5, 0.6) is 0 Å². The van der Waals surface area contributed by atoms with Crippen LogP contribution in [0, 0.1) is 0 Å². The normalized spacial score (nSPS) is 17.8. The molecule has 16 heavy (non-hydrogen) atoms. The van der Waals surface area contributed by atoms with Crippen LogP contribution in [0.1, 0.15) is 42.0 Å². The van der Waals surface area contributed by atoms with E-state index in [1.807, 2.05) is 24.6 Å². The Morgan fingerprint density at radius 1 is 1.44 bits per heavy atom. The topological polar surface area (TPSA) is 24.9 Å². The van der Waals surface area contributed by atoms with Gasteiger partial charge in [0.15, 0.2) is 0 Å². The molecule has 1 aromatic rings. The van der Waals surface area contributed by atoms with Crippen LogP contribution in [0.15, 0.2) is 6.20 Å². The van der Waals surface area contributed by atoms with E-state index in [1.165, 1.54) is 42.0 Å². The monoisotopic (exact) mass is 256 g/mol. The van der Waals surface area contributed by atoms with Gasteiger partial charge in [0.1, 0.15) is 5.01 Å². The first-order chi connectivity index (χ1) is 7.88. The minimum atomic E-state index is 0.894. The number of thioether (sulfide) groups is 1. The van der Waals surface area contributed by atoms with Gasteiger partial charge in [-0.1, -0.05) is 19.3 Å². The summed E-state index contributed by atoms with van der Waals surface area (Å²) in [6.45, 7) is 0.950. The highest BCUT2D eigenvalue weighted by atomic mass is 32.2. The SMILES string of the molecule is CNCc1cnc(CSC2CCCCC2)s1. The minimum absolute atomic E-state index is 0.894. The second-order valence-corrected chi connectivity index (χ2v) is 6.81.